The van der Waals surface area contributed by atoms with Crippen molar-refractivity contribution in [2.45, 2.75) is 45.8 Å². The lowest BCUT2D eigenvalue weighted by molar-refractivity contribution is -0.316. The Balaban J connectivity index is 2.86. The summed E-state index contributed by atoms with van der Waals surface area (Å²) in [6.45, 7) is 7.07. The molecule has 7 nitrogen and oxygen atoms in total. The standard InChI is InChI=1S/C16H23NO6/c1-5-22-13(14(19)20)9-10-6-7-12(18)11(8-10)17-15(21)23-16(2,3)4/h6-8,13,18H,5,9H2,1-4H3,(H,17,21)(H,19,20)/p-1. The second-order valence-corrected chi connectivity index (χ2v) is 5.95. The lowest BCUT2D eigenvalue weighted by atomic mass is 10.1. The number of nitrogens with one attached hydrogen (secondary N) is 1. The van der Waals surface area contributed by atoms with Crippen LogP contribution >= 0.6 is 0 Å². The Morgan fingerprint density at radius 3 is 2.52 bits per heavy atom. The molecular weight excluding hydrogens is 302 g/mol. The third-order valence-electron chi connectivity index (χ3n) is 2.75. The van der Waals surface area contributed by atoms with Gasteiger partial charge in [-0.2, -0.15) is 0 Å². The van der Waals surface area contributed by atoms with Crippen LogP contribution in [0.3, 0.4) is 0 Å². The van der Waals surface area contributed by atoms with Gasteiger partial charge < -0.3 is 24.5 Å². The number of phenols is 1. The molecule has 0 heterocycles. The fraction of sp³-hybridized carbons (Fsp3) is 0.500. The summed E-state index contributed by atoms with van der Waals surface area (Å²) in [4.78, 5) is 22.8. The van der Waals surface area contributed by atoms with Crippen LogP contribution in [0, 0.1) is 0 Å². The Morgan fingerprint density at radius 2 is 2.00 bits per heavy atom. The molecule has 2 N–H and O–H groups in total. The quantitative estimate of drug-likeness (QED) is 0.767. The van der Waals surface area contributed by atoms with Gasteiger partial charge in [0.05, 0.1) is 11.7 Å². The number of carbonyl (C=O) groups is 2. The normalized spacial score (nSPS) is 12.5. The largest absolute Gasteiger partial charge is 0.547 e. The number of benzene rings is 1. The van der Waals surface area contributed by atoms with Crippen molar-refractivity contribution in [3.05, 3.63) is 23.8 Å². The Hall–Kier alpha value is -2.28. The second kappa shape index (κ2) is 7.82. The number of phenolic OH excluding ortho intramolecular Hbond substituents is 1. The average molecular weight is 324 g/mol. The van der Waals surface area contributed by atoms with Crippen molar-refractivity contribution in [1.82, 2.24) is 0 Å². The van der Waals surface area contributed by atoms with E-state index in [9.17, 15) is 19.8 Å². The fourth-order valence-corrected chi connectivity index (χ4v) is 1.85. The first-order chi connectivity index (χ1) is 10.6. The van der Waals surface area contributed by atoms with E-state index in [1.54, 1.807) is 33.8 Å². The fourth-order valence-electron chi connectivity index (χ4n) is 1.85. The van der Waals surface area contributed by atoms with E-state index in [0.717, 1.165) is 0 Å². The molecule has 1 atom stereocenters. The van der Waals surface area contributed by atoms with Crippen LogP contribution in [-0.4, -0.2) is 35.5 Å². The summed E-state index contributed by atoms with van der Waals surface area (Å²) < 4.78 is 10.2. The molecule has 0 spiro atoms. The van der Waals surface area contributed by atoms with Crippen molar-refractivity contribution in [3.63, 3.8) is 0 Å². The predicted octanol–water partition coefficient (Wildman–Crippen LogP) is 1.44. The van der Waals surface area contributed by atoms with Crippen LogP contribution in [-0.2, 0) is 20.7 Å². The SMILES string of the molecule is CCOC(Cc1ccc(O)c(NC(=O)OC(C)(C)C)c1)C(=O)[O-]. The van der Waals surface area contributed by atoms with Crippen LogP contribution < -0.4 is 10.4 Å². The molecule has 1 unspecified atom stereocenters. The van der Waals surface area contributed by atoms with E-state index in [1.807, 2.05) is 0 Å². The summed E-state index contributed by atoms with van der Waals surface area (Å²) in [6.07, 6.45) is -1.76. The van der Waals surface area contributed by atoms with E-state index in [0.29, 0.717) is 5.56 Å². The van der Waals surface area contributed by atoms with E-state index in [2.05, 4.69) is 5.32 Å². The van der Waals surface area contributed by atoms with Crippen molar-refractivity contribution >= 4 is 17.7 Å². The van der Waals surface area contributed by atoms with E-state index >= 15 is 0 Å². The molecule has 0 radical (unpaired) electrons. The zero-order chi connectivity index (χ0) is 17.6. The Morgan fingerprint density at radius 1 is 1.35 bits per heavy atom. The first-order valence-electron chi connectivity index (χ1n) is 7.26. The predicted molar refractivity (Wildman–Crippen MR) is 82.1 cm³/mol. The minimum absolute atomic E-state index is 0.0550. The molecule has 0 aliphatic carbocycles. The molecule has 7 heteroatoms. The molecule has 0 aliphatic heterocycles. The van der Waals surface area contributed by atoms with Crippen LogP contribution in [0.25, 0.3) is 0 Å². The lowest BCUT2D eigenvalue weighted by Crippen LogP contribution is -2.39. The highest BCUT2D eigenvalue weighted by Crippen LogP contribution is 2.25. The van der Waals surface area contributed by atoms with Crippen molar-refractivity contribution in [2.24, 2.45) is 0 Å². The van der Waals surface area contributed by atoms with Gasteiger partial charge in [0.1, 0.15) is 17.5 Å². The van der Waals surface area contributed by atoms with Gasteiger partial charge in [-0.15, -0.1) is 0 Å². The molecule has 0 aliphatic rings. The third-order valence-corrected chi connectivity index (χ3v) is 2.75. The van der Waals surface area contributed by atoms with Gasteiger partial charge in [0, 0.05) is 13.0 Å². The minimum atomic E-state index is -1.32. The molecule has 1 amide bonds. The maximum atomic E-state index is 11.8. The lowest BCUT2D eigenvalue weighted by Gasteiger charge is -2.21. The molecule has 1 aromatic carbocycles. The highest BCUT2D eigenvalue weighted by atomic mass is 16.6. The van der Waals surface area contributed by atoms with Gasteiger partial charge in [0.15, 0.2) is 0 Å². The molecular formula is C16H22NO6-. The highest BCUT2D eigenvalue weighted by Gasteiger charge is 2.18. The van der Waals surface area contributed by atoms with Gasteiger partial charge >= 0.3 is 6.09 Å². The third kappa shape index (κ3) is 6.56. The summed E-state index contributed by atoms with van der Waals surface area (Å²) in [5.74, 6) is -1.47. The summed E-state index contributed by atoms with van der Waals surface area (Å²) >= 11 is 0. The van der Waals surface area contributed by atoms with Crippen molar-refractivity contribution in [3.8, 4) is 5.75 Å². The molecule has 1 rings (SSSR count). The average Bonchev–Trinajstić information content (AvgIpc) is 2.39. The molecule has 128 valence electrons. The zero-order valence-electron chi connectivity index (χ0n) is 13.7. The summed E-state index contributed by atoms with van der Waals surface area (Å²) in [7, 11) is 0. The van der Waals surface area contributed by atoms with Crippen LogP contribution in [0.15, 0.2) is 18.2 Å². The van der Waals surface area contributed by atoms with E-state index < -0.39 is 23.8 Å². The number of aliphatic carboxylic acids is 1. The first-order valence-corrected chi connectivity index (χ1v) is 7.26. The molecule has 0 saturated heterocycles. The second-order valence-electron chi connectivity index (χ2n) is 5.95. The van der Waals surface area contributed by atoms with Crippen LogP contribution in [0.2, 0.25) is 0 Å². The number of carboxylic acids is 1. The molecule has 0 bridgehead atoms. The highest BCUT2D eigenvalue weighted by molar-refractivity contribution is 5.87. The zero-order valence-corrected chi connectivity index (χ0v) is 13.7. The maximum absolute atomic E-state index is 11.8. The monoisotopic (exact) mass is 324 g/mol. The minimum Gasteiger partial charge on any atom is -0.547 e. The maximum Gasteiger partial charge on any atom is 0.412 e. The van der Waals surface area contributed by atoms with Crippen molar-refractivity contribution in [2.75, 3.05) is 11.9 Å². The van der Waals surface area contributed by atoms with E-state index in [4.69, 9.17) is 9.47 Å². The van der Waals surface area contributed by atoms with Gasteiger partial charge in [-0.25, -0.2) is 4.79 Å². The number of hydrogen-bond acceptors (Lipinski definition) is 6. The molecule has 1 aromatic rings. The number of carbonyl (C=O) groups excluding carboxylic acids is 2. The number of ether oxygens (including phenoxy) is 2. The van der Waals surface area contributed by atoms with E-state index in [-0.39, 0.29) is 24.5 Å². The number of hydrogen-bond donors (Lipinski definition) is 2. The topological polar surface area (TPSA) is 108 Å². The van der Waals surface area contributed by atoms with Crippen molar-refractivity contribution in [1.29, 1.82) is 0 Å². The van der Waals surface area contributed by atoms with Gasteiger partial charge in [-0.3, -0.25) is 5.32 Å². The van der Waals surface area contributed by atoms with Gasteiger partial charge in [-0.05, 0) is 45.4 Å². The number of anilines is 1. The number of aromatic hydroxyl groups is 1. The number of carboxylic acid groups (broad SMARTS) is 1. The molecule has 0 aromatic heterocycles. The van der Waals surface area contributed by atoms with Crippen LogP contribution in [0.1, 0.15) is 33.3 Å². The number of amides is 1. The number of rotatable bonds is 6. The summed E-state index contributed by atoms with van der Waals surface area (Å²) in [6, 6.07) is 4.37. The molecule has 0 fully saturated rings. The smallest absolute Gasteiger partial charge is 0.412 e. The molecule has 23 heavy (non-hydrogen) atoms. The van der Waals surface area contributed by atoms with Crippen LogP contribution in [0.4, 0.5) is 10.5 Å². The Kier molecular flexibility index (Phi) is 6.38. The van der Waals surface area contributed by atoms with Gasteiger partial charge in [0.25, 0.3) is 0 Å². The van der Waals surface area contributed by atoms with Crippen LogP contribution in [0.5, 0.6) is 5.75 Å². The Bertz CT molecular complexity index is 564. The van der Waals surface area contributed by atoms with Gasteiger partial charge in [0.2, 0.25) is 0 Å². The summed E-state index contributed by atoms with van der Waals surface area (Å²) in [5.41, 5.74) is 0.0219. The van der Waals surface area contributed by atoms with Gasteiger partial charge in [-0.1, -0.05) is 6.07 Å². The molecule has 0 saturated carbocycles. The first kappa shape index (κ1) is 18.8. The van der Waals surface area contributed by atoms with E-state index in [1.165, 1.54) is 12.1 Å². The summed E-state index contributed by atoms with van der Waals surface area (Å²) in [5, 5.41) is 23.2. The van der Waals surface area contributed by atoms with Crippen molar-refractivity contribution < 1.29 is 29.3 Å². The Labute approximate surface area is 135 Å².